The first-order valence-corrected chi connectivity index (χ1v) is 8.74. The van der Waals surface area contributed by atoms with Crippen LogP contribution in [0.15, 0.2) is 18.3 Å². The third-order valence-corrected chi connectivity index (χ3v) is 4.75. The molecule has 1 amide bonds. The van der Waals surface area contributed by atoms with E-state index in [0.717, 1.165) is 12.3 Å². The Labute approximate surface area is 155 Å². The molecule has 0 aliphatic carbocycles. The van der Waals surface area contributed by atoms with Crippen LogP contribution in [0.3, 0.4) is 0 Å². The van der Waals surface area contributed by atoms with Crippen molar-refractivity contribution in [2.24, 2.45) is 0 Å². The lowest BCUT2D eigenvalue weighted by atomic mass is 9.77. The van der Waals surface area contributed by atoms with Gasteiger partial charge in [-0.05, 0) is 38.5 Å². The van der Waals surface area contributed by atoms with Gasteiger partial charge in [0.05, 0.1) is 30.9 Å². The molecule has 1 aromatic heterocycles. The summed E-state index contributed by atoms with van der Waals surface area (Å²) in [4.78, 5) is 17.5. The van der Waals surface area contributed by atoms with Crippen LogP contribution in [0, 0.1) is 0 Å². The molecule has 2 saturated heterocycles. The number of halogens is 3. The van der Waals surface area contributed by atoms with Crippen LogP contribution in [0.4, 0.5) is 18.0 Å². The SMILES string of the molecule is CC(C)(C)OC(=O)N1C2COCC1CC(O)(c1ccnc(C(F)(F)F)c1)C2. The maximum absolute atomic E-state index is 13.0. The van der Waals surface area contributed by atoms with Crippen LogP contribution >= 0.6 is 0 Å². The first-order valence-electron chi connectivity index (χ1n) is 8.74. The number of ether oxygens (including phenoxy) is 2. The van der Waals surface area contributed by atoms with Crippen LogP contribution in [-0.4, -0.2) is 52.0 Å². The largest absolute Gasteiger partial charge is 0.444 e. The van der Waals surface area contributed by atoms with Crippen molar-refractivity contribution in [3.05, 3.63) is 29.6 Å². The smallest absolute Gasteiger partial charge is 0.433 e. The molecule has 27 heavy (non-hydrogen) atoms. The van der Waals surface area contributed by atoms with E-state index in [1.54, 1.807) is 25.7 Å². The summed E-state index contributed by atoms with van der Waals surface area (Å²) in [6, 6.07) is 1.29. The molecule has 150 valence electrons. The van der Waals surface area contributed by atoms with Crippen LogP contribution in [-0.2, 0) is 21.3 Å². The highest BCUT2D eigenvalue weighted by atomic mass is 19.4. The molecule has 2 unspecified atom stereocenters. The Morgan fingerprint density at radius 1 is 1.30 bits per heavy atom. The molecule has 0 spiro atoms. The highest BCUT2D eigenvalue weighted by Gasteiger charge is 2.50. The molecule has 2 aliphatic heterocycles. The standard InChI is InChI=1S/C18H23F3N2O4/c1-16(2,3)27-15(24)23-12-7-17(25,8-13(23)10-26-9-12)11-4-5-22-14(6-11)18(19,20)21/h4-6,12-13,25H,7-10H2,1-3H3. The van der Waals surface area contributed by atoms with Crippen molar-refractivity contribution in [2.45, 2.75) is 63.1 Å². The number of hydrogen-bond acceptors (Lipinski definition) is 5. The Kier molecular flexibility index (Phi) is 4.88. The number of carbonyl (C=O) groups is 1. The second kappa shape index (κ2) is 6.63. The van der Waals surface area contributed by atoms with Crippen LogP contribution in [0.2, 0.25) is 0 Å². The Bertz CT molecular complexity index is 703. The molecule has 3 rings (SSSR count). The maximum atomic E-state index is 13.0. The summed E-state index contributed by atoms with van der Waals surface area (Å²) in [7, 11) is 0. The quantitative estimate of drug-likeness (QED) is 0.801. The molecule has 2 bridgehead atoms. The minimum atomic E-state index is -4.59. The van der Waals surface area contributed by atoms with E-state index in [9.17, 15) is 23.1 Å². The van der Waals surface area contributed by atoms with Crippen LogP contribution in [0.1, 0.15) is 44.9 Å². The van der Waals surface area contributed by atoms with Gasteiger partial charge in [-0.15, -0.1) is 0 Å². The van der Waals surface area contributed by atoms with E-state index in [1.165, 1.54) is 6.07 Å². The number of piperidine rings is 1. The van der Waals surface area contributed by atoms with E-state index in [-0.39, 0.29) is 31.6 Å². The second-order valence-corrected chi connectivity index (χ2v) is 8.10. The van der Waals surface area contributed by atoms with Gasteiger partial charge in [-0.25, -0.2) is 4.79 Å². The van der Waals surface area contributed by atoms with Gasteiger partial charge < -0.3 is 14.6 Å². The van der Waals surface area contributed by atoms with E-state index in [4.69, 9.17) is 9.47 Å². The van der Waals surface area contributed by atoms with Crippen LogP contribution in [0.25, 0.3) is 0 Å². The number of morpholine rings is 1. The molecular formula is C18H23F3N2O4. The normalized spacial score (nSPS) is 28.8. The van der Waals surface area contributed by atoms with Crippen molar-refractivity contribution in [3.63, 3.8) is 0 Å². The monoisotopic (exact) mass is 388 g/mol. The minimum Gasteiger partial charge on any atom is -0.444 e. The second-order valence-electron chi connectivity index (χ2n) is 8.10. The lowest BCUT2D eigenvalue weighted by Gasteiger charge is -2.51. The first kappa shape index (κ1) is 19.9. The first-order chi connectivity index (χ1) is 12.4. The third kappa shape index (κ3) is 4.19. The number of hydrogen-bond donors (Lipinski definition) is 1. The summed E-state index contributed by atoms with van der Waals surface area (Å²) < 4.78 is 49.9. The highest BCUT2D eigenvalue weighted by Crippen LogP contribution is 2.42. The number of pyridine rings is 1. The molecule has 2 aliphatic rings. The number of alkyl halides is 3. The molecule has 6 nitrogen and oxygen atoms in total. The van der Waals surface area contributed by atoms with E-state index < -0.39 is 41.2 Å². The predicted molar refractivity (Wildman–Crippen MR) is 88.8 cm³/mol. The Balaban J connectivity index is 1.86. The zero-order valence-corrected chi connectivity index (χ0v) is 15.4. The van der Waals surface area contributed by atoms with Crippen molar-refractivity contribution in [2.75, 3.05) is 13.2 Å². The molecule has 2 fully saturated rings. The van der Waals surface area contributed by atoms with Crippen molar-refractivity contribution in [3.8, 4) is 0 Å². The van der Waals surface area contributed by atoms with Gasteiger partial charge in [-0.3, -0.25) is 9.88 Å². The van der Waals surface area contributed by atoms with Crippen LogP contribution < -0.4 is 0 Å². The molecule has 0 radical (unpaired) electrons. The van der Waals surface area contributed by atoms with Crippen molar-refractivity contribution >= 4 is 6.09 Å². The van der Waals surface area contributed by atoms with Crippen molar-refractivity contribution in [1.29, 1.82) is 0 Å². The van der Waals surface area contributed by atoms with Crippen molar-refractivity contribution in [1.82, 2.24) is 9.88 Å². The third-order valence-electron chi connectivity index (χ3n) is 4.75. The number of rotatable bonds is 1. The van der Waals surface area contributed by atoms with Gasteiger partial charge in [0, 0.05) is 19.0 Å². The molecule has 0 aromatic carbocycles. The summed E-state index contributed by atoms with van der Waals surface area (Å²) >= 11 is 0. The van der Waals surface area contributed by atoms with Gasteiger partial charge in [0.2, 0.25) is 0 Å². The van der Waals surface area contributed by atoms with E-state index in [2.05, 4.69) is 4.98 Å². The Morgan fingerprint density at radius 2 is 1.89 bits per heavy atom. The van der Waals surface area contributed by atoms with E-state index >= 15 is 0 Å². The molecule has 0 saturated carbocycles. The fraction of sp³-hybridized carbons (Fsp3) is 0.667. The lowest BCUT2D eigenvalue weighted by Crippen LogP contribution is -2.63. The van der Waals surface area contributed by atoms with Gasteiger partial charge in [-0.1, -0.05) is 0 Å². The summed E-state index contributed by atoms with van der Waals surface area (Å²) in [6.45, 7) is 5.65. The van der Waals surface area contributed by atoms with Crippen molar-refractivity contribution < 1.29 is 32.5 Å². The molecule has 9 heteroatoms. The van der Waals surface area contributed by atoms with Gasteiger partial charge in [0.15, 0.2) is 0 Å². The van der Waals surface area contributed by atoms with Gasteiger partial charge in [0.1, 0.15) is 11.3 Å². The molecular weight excluding hydrogens is 365 g/mol. The number of aromatic nitrogens is 1. The number of amides is 1. The summed E-state index contributed by atoms with van der Waals surface area (Å²) in [6.07, 6.45) is -3.94. The fourth-order valence-electron chi connectivity index (χ4n) is 3.70. The highest BCUT2D eigenvalue weighted by molar-refractivity contribution is 5.69. The maximum Gasteiger partial charge on any atom is 0.433 e. The van der Waals surface area contributed by atoms with Gasteiger partial charge in [-0.2, -0.15) is 13.2 Å². The lowest BCUT2D eigenvalue weighted by molar-refractivity contribution is -0.144. The summed E-state index contributed by atoms with van der Waals surface area (Å²) in [5.74, 6) is 0. The minimum absolute atomic E-state index is 0.0596. The van der Waals surface area contributed by atoms with Gasteiger partial charge >= 0.3 is 12.3 Å². The summed E-state index contributed by atoms with van der Waals surface area (Å²) in [5, 5.41) is 11.1. The molecule has 2 atom stereocenters. The number of aliphatic hydroxyl groups is 1. The number of fused-ring (bicyclic) bond motifs is 2. The van der Waals surface area contributed by atoms with Crippen LogP contribution in [0.5, 0.6) is 0 Å². The molecule has 1 aromatic rings. The molecule has 3 heterocycles. The topological polar surface area (TPSA) is 71.9 Å². The average Bonchev–Trinajstić information content (AvgIpc) is 2.51. The zero-order chi connectivity index (χ0) is 20.0. The van der Waals surface area contributed by atoms with E-state index in [1.807, 2.05) is 0 Å². The van der Waals surface area contributed by atoms with E-state index in [0.29, 0.717) is 0 Å². The Hall–Kier alpha value is -1.87. The average molecular weight is 388 g/mol. The fourth-order valence-corrected chi connectivity index (χ4v) is 3.70. The summed E-state index contributed by atoms with van der Waals surface area (Å²) in [5.41, 5.74) is -3.08. The number of nitrogens with zero attached hydrogens (tertiary/aromatic N) is 2. The Morgan fingerprint density at radius 3 is 2.41 bits per heavy atom. The number of carbonyl (C=O) groups excluding carboxylic acids is 1. The van der Waals surface area contributed by atoms with Gasteiger partial charge in [0.25, 0.3) is 0 Å². The molecule has 1 N–H and O–H groups in total. The zero-order valence-electron chi connectivity index (χ0n) is 15.4. The predicted octanol–water partition coefficient (Wildman–Crippen LogP) is 3.09.